The lowest BCUT2D eigenvalue weighted by atomic mass is 10.2. The van der Waals surface area contributed by atoms with Crippen molar-refractivity contribution in [2.24, 2.45) is 0 Å². The molecular weight excluding hydrogens is 277 g/mol. The largest absolute Gasteiger partial charge is 0.325 e. The summed E-state index contributed by atoms with van der Waals surface area (Å²) in [4.78, 5) is 11.4. The van der Waals surface area contributed by atoms with E-state index in [0.29, 0.717) is 17.9 Å². The van der Waals surface area contributed by atoms with Crippen LogP contribution in [0.5, 0.6) is 0 Å². The van der Waals surface area contributed by atoms with Gasteiger partial charge in [-0.25, -0.2) is 0 Å². The van der Waals surface area contributed by atoms with Crippen LogP contribution in [-0.4, -0.2) is 5.91 Å². The molecule has 0 saturated heterocycles. The molecule has 0 aliphatic rings. The number of amides is 1. The van der Waals surface area contributed by atoms with E-state index in [1.807, 2.05) is 0 Å². The molecular formula is C11H11BrClNO. The summed E-state index contributed by atoms with van der Waals surface area (Å²) < 4.78 is 0.780. The molecule has 0 heterocycles. The normalized spacial score (nSPS) is 9.73. The van der Waals surface area contributed by atoms with E-state index in [9.17, 15) is 4.79 Å². The number of nitrogens with one attached hydrogen (secondary N) is 1. The van der Waals surface area contributed by atoms with Crippen LogP contribution in [-0.2, 0) is 4.79 Å². The van der Waals surface area contributed by atoms with E-state index in [2.05, 4.69) is 27.8 Å². The fraction of sp³-hybridized carbons (Fsp3) is 0.182. The summed E-state index contributed by atoms with van der Waals surface area (Å²) in [5, 5.41) is 3.41. The number of hydrogen-bond acceptors (Lipinski definition) is 1. The Labute approximate surface area is 102 Å². The summed E-state index contributed by atoms with van der Waals surface area (Å²) in [5.74, 6) is -0.0297. The van der Waals surface area contributed by atoms with Gasteiger partial charge in [0.1, 0.15) is 0 Å². The molecule has 15 heavy (non-hydrogen) atoms. The molecule has 1 aromatic carbocycles. The fourth-order valence-corrected chi connectivity index (χ4v) is 1.82. The summed E-state index contributed by atoms with van der Waals surface area (Å²) in [6.45, 7) is 3.56. The summed E-state index contributed by atoms with van der Waals surface area (Å²) in [5.41, 5.74) is 0.730. The summed E-state index contributed by atoms with van der Waals surface area (Å²) >= 11 is 9.11. The topological polar surface area (TPSA) is 29.1 Å². The Morgan fingerprint density at radius 3 is 2.93 bits per heavy atom. The fourth-order valence-electron chi connectivity index (χ4n) is 1.04. The number of halogens is 2. The molecule has 0 spiro atoms. The highest BCUT2D eigenvalue weighted by Crippen LogP contribution is 2.25. The third-order valence-corrected chi connectivity index (χ3v) is 2.67. The average Bonchev–Trinajstić information content (AvgIpc) is 2.19. The lowest BCUT2D eigenvalue weighted by Crippen LogP contribution is -2.10. The number of allylic oxidation sites excluding steroid dienone is 1. The van der Waals surface area contributed by atoms with Crippen LogP contribution in [0.4, 0.5) is 5.69 Å². The van der Waals surface area contributed by atoms with Crippen molar-refractivity contribution in [3.05, 3.63) is 40.3 Å². The van der Waals surface area contributed by atoms with Gasteiger partial charge in [0.15, 0.2) is 0 Å². The Morgan fingerprint density at radius 2 is 2.33 bits per heavy atom. The van der Waals surface area contributed by atoms with E-state index in [1.54, 1.807) is 24.3 Å². The minimum atomic E-state index is -0.0297. The first-order valence-corrected chi connectivity index (χ1v) is 5.66. The number of carbonyl (C=O) groups is 1. The molecule has 4 heteroatoms. The van der Waals surface area contributed by atoms with Gasteiger partial charge in [-0.15, -0.1) is 6.58 Å². The van der Waals surface area contributed by atoms with Gasteiger partial charge >= 0.3 is 0 Å². The van der Waals surface area contributed by atoms with Crippen molar-refractivity contribution in [3.63, 3.8) is 0 Å². The number of benzene rings is 1. The average molecular weight is 289 g/mol. The second kappa shape index (κ2) is 5.93. The van der Waals surface area contributed by atoms with Crippen LogP contribution < -0.4 is 5.32 Å². The molecule has 0 unspecified atom stereocenters. The number of rotatable bonds is 4. The Balaban J connectivity index is 2.64. The zero-order chi connectivity index (χ0) is 11.3. The molecule has 2 nitrogen and oxygen atoms in total. The molecule has 1 aromatic rings. The van der Waals surface area contributed by atoms with Gasteiger partial charge in [-0.2, -0.15) is 0 Å². The lowest BCUT2D eigenvalue weighted by Gasteiger charge is -2.06. The van der Waals surface area contributed by atoms with Gasteiger partial charge in [0, 0.05) is 15.9 Å². The maximum atomic E-state index is 11.4. The minimum absolute atomic E-state index is 0.0297. The van der Waals surface area contributed by atoms with E-state index < -0.39 is 0 Å². The first-order chi connectivity index (χ1) is 7.13. The van der Waals surface area contributed by atoms with Gasteiger partial charge < -0.3 is 5.32 Å². The third kappa shape index (κ3) is 4.06. The molecule has 0 aliphatic carbocycles. The van der Waals surface area contributed by atoms with Crippen LogP contribution in [0.15, 0.2) is 35.3 Å². The van der Waals surface area contributed by atoms with Crippen molar-refractivity contribution < 1.29 is 4.79 Å². The quantitative estimate of drug-likeness (QED) is 0.833. The van der Waals surface area contributed by atoms with Gasteiger partial charge in [0.2, 0.25) is 5.91 Å². The Bertz CT molecular complexity index is 379. The van der Waals surface area contributed by atoms with Crippen molar-refractivity contribution in [3.8, 4) is 0 Å². The van der Waals surface area contributed by atoms with Crippen LogP contribution in [0.25, 0.3) is 0 Å². The second-order valence-corrected chi connectivity index (χ2v) is 4.29. The SMILES string of the molecule is C=CCCC(=O)Nc1ccc(Cl)cc1Br. The molecule has 80 valence electrons. The summed E-state index contributed by atoms with van der Waals surface area (Å²) in [7, 11) is 0. The molecule has 0 radical (unpaired) electrons. The van der Waals surface area contributed by atoms with E-state index >= 15 is 0 Å². The zero-order valence-corrected chi connectivity index (χ0v) is 10.4. The molecule has 0 bridgehead atoms. The van der Waals surface area contributed by atoms with Crippen molar-refractivity contribution in [2.45, 2.75) is 12.8 Å². The van der Waals surface area contributed by atoms with Gasteiger partial charge in [-0.05, 0) is 40.5 Å². The lowest BCUT2D eigenvalue weighted by molar-refractivity contribution is -0.116. The number of carbonyl (C=O) groups excluding carboxylic acids is 1. The molecule has 0 fully saturated rings. The van der Waals surface area contributed by atoms with Crippen LogP contribution in [0.1, 0.15) is 12.8 Å². The van der Waals surface area contributed by atoms with Gasteiger partial charge in [0.05, 0.1) is 5.69 Å². The highest BCUT2D eigenvalue weighted by atomic mass is 79.9. The Kier molecular flexibility index (Phi) is 4.85. The molecule has 0 saturated carbocycles. The molecule has 1 N–H and O–H groups in total. The number of anilines is 1. The van der Waals surface area contributed by atoms with Crippen LogP contribution in [0.3, 0.4) is 0 Å². The maximum absolute atomic E-state index is 11.4. The van der Waals surface area contributed by atoms with Crippen molar-refractivity contribution in [1.82, 2.24) is 0 Å². The van der Waals surface area contributed by atoms with Crippen molar-refractivity contribution >= 4 is 39.1 Å². The van der Waals surface area contributed by atoms with Gasteiger partial charge in [-0.1, -0.05) is 17.7 Å². The molecule has 0 aliphatic heterocycles. The summed E-state index contributed by atoms with van der Waals surface area (Å²) in [6, 6.07) is 5.23. The predicted octanol–water partition coefficient (Wildman–Crippen LogP) is 4.01. The second-order valence-electron chi connectivity index (χ2n) is 3.00. The van der Waals surface area contributed by atoms with Gasteiger partial charge in [0.25, 0.3) is 0 Å². The van der Waals surface area contributed by atoms with Crippen LogP contribution >= 0.6 is 27.5 Å². The first kappa shape index (κ1) is 12.3. The Morgan fingerprint density at radius 1 is 1.60 bits per heavy atom. The van der Waals surface area contributed by atoms with E-state index in [-0.39, 0.29) is 5.91 Å². The third-order valence-electron chi connectivity index (χ3n) is 1.78. The molecule has 0 atom stereocenters. The Hall–Kier alpha value is -0.800. The predicted molar refractivity (Wildman–Crippen MR) is 67.2 cm³/mol. The van der Waals surface area contributed by atoms with E-state index in [0.717, 1.165) is 10.2 Å². The maximum Gasteiger partial charge on any atom is 0.224 e. The highest BCUT2D eigenvalue weighted by molar-refractivity contribution is 9.10. The zero-order valence-electron chi connectivity index (χ0n) is 8.09. The minimum Gasteiger partial charge on any atom is -0.325 e. The first-order valence-electron chi connectivity index (χ1n) is 4.49. The van der Waals surface area contributed by atoms with Gasteiger partial charge in [-0.3, -0.25) is 4.79 Å². The molecule has 1 amide bonds. The van der Waals surface area contributed by atoms with Crippen LogP contribution in [0, 0.1) is 0 Å². The van der Waals surface area contributed by atoms with Crippen molar-refractivity contribution in [2.75, 3.05) is 5.32 Å². The smallest absolute Gasteiger partial charge is 0.224 e. The molecule has 1 rings (SSSR count). The van der Waals surface area contributed by atoms with Crippen molar-refractivity contribution in [1.29, 1.82) is 0 Å². The number of hydrogen-bond donors (Lipinski definition) is 1. The highest BCUT2D eigenvalue weighted by Gasteiger charge is 2.04. The van der Waals surface area contributed by atoms with E-state index in [1.165, 1.54) is 0 Å². The monoisotopic (exact) mass is 287 g/mol. The standard InChI is InChI=1S/C11H11BrClNO/c1-2-3-4-11(15)14-10-6-5-8(13)7-9(10)12/h2,5-7H,1,3-4H2,(H,14,15). The van der Waals surface area contributed by atoms with Crippen LogP contribution in [0.2, 0.25) is 5.02 Å². The molecule has 0 aromatic heterocycles. The summed E-state index contributed by atoms with van der Waals surface area (Å²) in [6.07, 6.45) is 2.84. The van der Waals surface area contributed by atoms with E-state index in [4.69, 9.17) is 11.6 Å².